The minimum Gasteiger partial charge on any atom is -0.466 e. The van der Waals surface area contributed by atoms with Gasteiger partial charge in [0, 0.05) is 32.5 Å². The number of carbonyl (C=O) groups excluding carboxylic acids is 3. The van der Waals surface area contributed by atoms with Crippen molar-refractivity contribution in [1.29, 1.82) is 0 Å². The Balaban J connectivity index is 2.44. The van der Waals surface area contributed by atoms with Crippen LogP contribution < -0.4 is 0 Å². The molecule has 1 aromatic rings. The predicted octanol–water partition coefficient (Wildman–Crippen LogP) is 14.3. The van der Waals surface area contributed by atoms with Gasteiger partial charge in [0.15, 0.2) is 0 Å². The molecule has 0 aliphatic rings. The Labute approximate surface area is 387 Å². The fourth-order valence-corrected chi connectivity index (χ4v) is 7.79. The van der Waals surface area contributed by atoms with Crippen molar-refractivity contribution in [3.05, 3.63) is 34.9 Å². The van der Waals surface area contributed by atoms with Crippen molar-refractivity contribution < 1.29 is 38.1 Å². The third kappa shape index (κ3) is 37.4. The minimum absolute atomic E-state index is 0.0247. The van der Waals surface area contributed by atoms with Crippen LogP contribution in [-0.2, 0) is 57.9 Å². The highest BCUT2D eigenvalue weighted by molar-refractivity contribution is 5.70. The number of ether oxygens (including phenoxy) is 5. The molecule has 0 fully saturated rings. The molecule has 9 heteroatoms. The number of esters is 3. The van der Waals surface area contributed by atoms with Crippen LogP contribution >= 0.6 is 0 Å². The van der Waals surface area contributed by atoms with Crippen LogP contribution in [0.25, 0.3) is 0 Å². The van der Waals surface area contributed by atoms with E-state index in [1.807, 2.05) is 20.2 Å². The summed E-state index contributed by atoms with van der Waals surface area (Å²) in [5, 5.41) is 0. The Hall–Kier alpha value is -2.49. The summed E-state index contributed by atoms with van der Waals surface area (Å²) in [5.74, 6) is -0.289. The smallest absolute Gasteiger partial charge is 0.306 e. The molecule has 0 amide bonds. The van der Waals surface area contributed by atoms with Gasteiger partial charge in [-0.2, -0.15) is 0 Å². The first-order chi connectivity index (χ1) is 30.8. The van der Waals surface area contributed by atoms with Crippen molar-refractivity contribution in [3.8, 4) is 0 Å². The third-order valence-electron chi connectivity index (χ3n) is 11.8. The van der Waals surface area contributed by atoms with Crippen molar-refractivity contribution in [2.24, 2.45) is 0 Å². The largest absolute Gasteiger partial charge is 0.466 e. The summed E-state index contributed by atoms with van der Waals surface area (Å²) in [6.45, 7) is 10.6. The fraction of sp³-hybridized carbons (Fsp3) is 0.833. The number of nitrogens with zero attached hydrogens (tertiary/aromatic N) is 1. The Bertz CT molecular complexity index is 1210. The van der Waals surface area contributed by atoms with Crippen molar-refractivity contribution >= 4 is 17.9 Å². The van der Waals surface area contributed by atoms with Crippen LogP contribution in [0.4, 0.5) is 0 Å². The Morgan fingerprint density at radius 1 is 0.460 bits per heavy atom. The van der Waals surface area contributed by atoms with Gasteiger partial charge in [-0.1, -0.05) is 161 Å². The molecule has 0 saturated heterocycles. The van der Waals surface area contributed by atoms with Gasteiger partial charge in [-0.25, -0.2) is 0 Å². The first-order valence-electron chi connectivity index (χ1n) is 26.2. The van der Waals surface area contributed by atoms with Crippen LogP contribution in [0.1, 0.15) is 243 Å². The van der Waals surface area contributed by atoms with Crippen LogP contribution in [0, 0.1) is 0 Å². The van der Waals surface area contributed by atoms with E-state index in [4.69, 9.17) is 23.7 Å². The van der Waals surface area contributed by atoms with Crippen LogP contribution in [0.3, 0.4) is 0 Å². The fourth-order valence-electron chi connectivity index (χ4n) is 7.79. The molecule has 0 saturated carbocycles. The summed E-state index contributed by atoms with van der Waals surface area (Å²) >= 11 is 0. The maximum Gasteiger partial charge on any atom is 0.306 e. The zero-order valence-corrected chi connectivity index (χ0v) is 41.6. The van der Waals surface area contributed by atoms with E-state index in [0.717, 1.165) is 120 Å². The molecule has 0 N–H and O–H groups in total. The molecule has 0 spiro atoms. The van der Waals surface area contributed by atoms with E-state index in [2.05, 4.69) is 37.8 Å². The van der Waals surface area contributed by atoms with Crippen LogP contribution in [-0.4, -0.2) is 69.4 Å². The second-order valence-electron chi connectivity index (χ2n) is 18.3. The highest BCUT2D eigenvalue weighted by Crippen LogP contribution is 2.20. The molecule has 0 heterocycles. The van der Waals surface area contributed by atoms with Gasteiger partial charge in [-0.15, -0.1) is 0 Å². The summed E-state index contributed by atoms with van der Waals surface area (Å²) < 4.78 is 29.3. The first kappa shape index (κ1) is 58.5. The Morgan fingerprint density at radius 3 is 1.49 bits per heavy atom. The van der Waals surface area contributed by atoms with Gasteiger partial charge in [0.1, 0.15) is 12.7 Å². The molecule has 0 aliphatic heterocycles. The summed E-state index contributed by atoms with van der Waals surface area (Å²) in [5.41, 5.74) is 3.03. The van der Waals surface area contributed by atoms with Gasteiger partial charge in [-0.3, -0.25) is 14.4 Å². The maximum atomic E-state index is 12.8. The second-order valence-corrected chi connectivity index (χ2v) is 18.3. The van der Waals surface area contributed by atoms with Crippen molar-refractivity contribution in [2.75, 3.05) is 40.5 Å². The molecule has 0 aliphatic carbocycles. The molecule has 63 heavy (non-hydrogen) atoms. The molecule has 0 atom stereocenters. The second kappa shape index (κ2) is 43.4. The SMILES string of the molecule is CCCCCCCCOC(=O)CCCCCCOCc1cc(COCCCCCCC(=O)OC(CCCCCCCC)CCCCCCCC)ccc1COC(=O)CCCN(C)C. The van der Waals surface area contributed by atoms with E-state index in [-0.39, 0.29) is 30.6 Å². The Morgan fingerprint density at radius 2 is 0.921 bits per heavy atom. The minimum atomic E-state index is -0.185. The molecule has 1 rings (SSSR count). The lowest BCUT2D eigenvalue weighted by atomic mass is 10.0. The quantitative estimate of drug-likeness (QED) is 0.0360. The monoisotopic (exact) mass is 888 g/mol. The van der Waals surface area contributed by atoms with E-state index in [0.29, 0.717) is 52.3 Å². The average molecular weight is 888 g/mol. The highest BCUT2D eigenvalue weighted by atomic mass is 16.5. The lowest BCUT2D eigenvalue weighted by Crippen LogP contribution is -2.18. The van der Waals surface area contributed by atoms with Crippen molar-refractivity contribution in [1.82, 2.24) is 4.90 Å². The molecular weight excluding hydrogens is 791 g/mol. The third-order valence-corrected chi connectivity index (χ3v) is 11.8. The normalized spacial score (nSPS) is 11.5. The molecular formula is C54H97NO8. The number of benzene rings is 1. The first-order valence-corrected chi connectivity index (χ1v) is 26.2. The number of hydrogen-bond donors (Lipinski definition) is 0. The topological polar surface area (TPSA) is 101 Å². The van der Waals surface area contributed by atoms with Gasteiger partial charge >= 0.3 is 17.9 Å². The van der Waals surface area contributed by atoms with Crippen molar-refractivity contribution in [2.45, 2.75) is 252 Å². The van der Waals surface area contributed by atoms with Gasteiger partial charge < -0.3 is 28.6 Å². The molecule has 0 radical (unpaired) electrons. The van der Waals surface area contributed by atoms with E-state index in [1.165, 1.54) is 89.9 Å². The van der Waals surface area contributed by atoms with Gasteiger partial charge in [0.25, 0.3) is 0 Å². The molecule has 9 nitrogen and oxygen atoms in total. The highest BCUT2D eigenvalue weighted by Gasteiger charge is 2.15. The molecule has 0 bridgehead atoms. The van der Waals surface area contributed by atoms with Gasteiger partial charge in [0.2, 0.25) is 0 Å². The molecule has 0 aromatic heterocycles. The summed E-state index contributed by atoms with van der Waals surface area (Å²) in [6, 6.07) is 6.19. The van der Waals surface area contributed by atoms with Gasteiger partial charge in [-0.05, 0) is 102 Å². The van der Waals surface area contributed by atoms with Crippen molar-refractivity contribution in [3.63, 3.8) is 0 Å². The van der Waals surface area contributed by atoms with E-state index < -0.39 is 0 Å². The van der Waals surface area contributed by atoms with Crippen LogP contribution in [0.15, 0.2) is 18.2 Å². The van der Waals surface area contributed by atoms with E-state index in [1.54, 1.807) is 0 Å². The molecule has 1 aromatic carbocycles. The average Bonchev–Trinajstić information content (AvgIpc) is 3.26. The number of hydrogen-bond acceptors (Lipinski definition) is 9. The predicted molar refractivity (Wildman–Crippen MR) is 260 cm³/mol. The summed E-state index contributed by atoms with van der Waals surface area (Å²) in [4.78, 5) is 39.4. The van der Waals surface area contributed by atoms with Crippen LogP contribution in [0.2, 0.25) is 0 Å². The number of carbonyl (C=O) groups is 3. The van der Waals surface area contributed by atoms with Crippen LogP contribution in [0.5, 0.6) is 0 Å². The molecule has 366 valence electrons. The maximum absolute atomic E-state index is 12.8. The summed E-state index contributed by atoms with van der Waals surface area (Å²) in [6.07, 6.45) is 34.1. The lowest BCUT2D eigenvalue weighted by Gasteiger charge is -2.18. The lowest BCUT2D eigenvalue weighted by molar-refractivity contribution is -0.150. The number of rotatable bonds is 46. The van der Waals surface area contributed by atoms with E-state index >= 15 is 0 Å². The zero-order chi connectivity index (χ0) is 45.9. The standard InChI is InChI=1S/C54H97NO8/c1-6-9-12-15-18-25-33-51(34-26-19-16-13-10-7-2)63-54(58)36-28-21-24-29-41-59-45-48-38-39-49(47-62-53(57)37-32-40-55(4)5)50(44-48)46-60-42-30-23-20-27-35-52(56)61-43-31-22-17-14-11-8-3/h38-39,44,51H,6-37,40-43,45-47H2,1-5H3. The summed E-state index contributed by atoms with van der Waals surface area (Å²) in [7, 11) is 4.00. The molecule has 0 unspecified atom stereocenters. The number of unbranched alkanes of at least 4 members (excludes halogenated alkanes) is 21. The zero-order valence-electron chi connectivity index (χ0n) is 41.6. The Kier molecular flexibility index (Phi) is 40.3. The van der Waals surface area contributed by atoms with Gasteiger partial charge in [0.05, 0.1) is 19.8 Å². The van der Waals surface area contributed by atoms with E-state index in [9.17, 15) is 14.4 Å².